The number of hydrogen-bond donors (Lipinski definition) is 1. The van der Waals surface area contributed by atoms with Crippen LogP contribution < -0.4 is 19.5 Å². The summed E-state index contributed by atoms with van der Waals surface area (Å²) in [5.41, 5.74) is 3.54. The van der Waals surface area contributed by atoms with Crippen LogP contribution in [0.15, 0.2) is 52.7 Å². The van der Waals surface area contributed by atoms with Crippen LogP contribution in [-0.2, 0) is 4.74 Å². The molecule has 1 aromatic heterocycles. The average molecular weight is 495 g/mol. The molecular formula is C25H26N4O5S. The molecule has 0 aliphatic carbocycles. The molecule has 0 bridgehead atoms. The smallest absolute Gasteiger partial charge is 0.258 e. The molecule has 182 valence electrons. The van der Waals surface area contributed by atoms with Crippen molar-refractivity contribution in [2.75, 3.05) is 33.7 Å². The van der Waals surface area contributed by atoms with Gasteiger partial charge in [-0.25, -0.2) is 0 Å². The zero-order valence-electron chi connectivity index (χ0n) is 19.7. The maximum Gasteiger partial charge on any atom is 0.258 e. The molecule has 0 amide bonds. The Labute approximate surface area is 208 Å². The first-order valence-corrected chi connectivity index (χ1v) is 11.7. The number of aromatic nitrogens is 2. The van der Waals surface area contributed by atoms with Gasteiger partial charge < -0.3 is 33.7 Å². The van der Waals surface area contributed by atoms with Crippen LogP contribution in [-0.4, -0.2) is 53.8 Å². The number of nitrogens with one attached hydrogen (secondary N) is 1. The fourth-order valence-electron chi connectivity index (χ4n) is 4.17. The van der Waals surface area contributed by atoms with Gasteiger partial charge in [0.1, 0.15) is 5.75 Å². The van der Waals surface area contributed by atoms with E-state index in [9.17, 15) is 0 Å². The predicted octanol–water partition coefficient (Wildman–Crippen LogP) is 4.17. The minimum atomic E-state index is -0.276. The average Bonchev–Trinajstić information content (AvgIpc) is 3.54. The maximum atomic E-state index is 5.79. The molecule has 1 N–H and O–H groups in total. The van der Waals surface area contributed by atoms with E-state index in [0.29, 0.717) is 48.1 Å². The van der Waals surface area contributed by atoms with Crippen molar-refractivity contribution in [3.05, 3.63) is 59.6 Å². The zero-order valence-corrected chi connectivity index (χ0v) is 20.6. The quantitative estimate of drug-likeness (QED) is 0.460. The SMILES string of the molecule is CCOc1ccc(C2NC(=S)N(CCOC)C(C)=C2c2nc(-c3ccc4c(c3)OCO4)no2)cc1. The van der Waals surface area contributed by atoms with Crippen LogP contribution in [0.3, 0.4) is 0 Å². The number of allylic oxidation sites excluding steroid dienone is 1. The fourth-order valence-corrected chi connectivity index (χ4v) is 4.52. The van der Waals surface area contributed by atoms with Gasteiger partial charge in [-0.3, -0.25) is 0 Å². The number of thiocarbonyl (C=S) groups is 1. The Bertz CT molecular complexity index is 1260. The highest BCUT2D eigenvalue weighted by atomic mass is 32.1. The number of ether oxygens (including phenoxy) is 4. The number of nitrogens with zero attached hydrogens (tertiary/aromatic N) is 3. The summed E-state index contributed by atoms with van der Waals surface area (Å²) in [6.45, 7) is 5.89. The van der Waals surface area contributed by atoms with Gasteiger partial charge in [-0.15, -0.1) is 0 Å². The number of hydrogen-bond acceptors (Lipinski definition) is 8. The van der Waals surface area contributed by atoms with Crippen LogP contribution in [0.2, 0.25) is 0 Å². The normalized spacial score (nSPS) is 17.1. The van der Waals surface area contributed by atoms with E-state index in [-0.39, 0.29) is 12.8 Å². The molecule has 3 heterocycles. The van der Waals surface area contributed by atoms with E-state index in [1.165, 1.54) is 0 Å². The standard InChI is InChI=1S/C25H26N4O5S/c1-4-31-18-8-5-16(6-9-18)22-21(15(2)29(11-12-30-3)25(35)26-22)24-27-23(28-34-24)17-7-10-19-20(13-17)33-14-32-19/h5-10,13,22H,4,11-12,14H2,1-3H3,(H,26,35). The first kappa shape index (κ1) is 23.1. The molecule has 10 heteroatoms. The summed E-state index contributed by atoms with van der Waals surface area (Å²) < 4.78 is 27.6. The summed E-state index contributed by atoms with van der Waals surface area (Å²) in [6.07, 6.45) is 0. The van der Waals surface area contributed by atoms with Crippen molar-refractivity contribution in [3.8, 4) is 28.6 Å². The maximum absolute atomic E-state index is 5.79. The van der Waals surface area contributed by atoms with E-state index >= 15 is 0 Å². The number of benzene rings is 2. The lowest BCUT2D eigenvalue weighted by molar-refractivity contribution is 0.174. The number of rotatable bonds is 8. The Hall–Kier alpha value is -3.63. The molecule has 0 saturated heterocycles. The Kier molecular flexibility index (Phi) is 6.56. The zero-order chi connectivity index (χ0) is 24.4. The van der Waals surface area contributed by atoms with Crippen LogP contribution in [0.1, 0.15) is 31.3 Å². The molecule has 0 fully saturated rings. The van der Waals surface area contributed by atoms with Gasteiger partial charge in [0.05, 0.1) is 24.8 Å². The van der Waals surface area contributed by atoms with E-state index in [1.54, 1.807) is 7.11 Å². The number of fused-ring (bicyclic) bond motifs is 1. The Morgan fingerprint density at radius 2 is 1.94 bits per heavy atom. The van der Waals surface area contributed by atoms with Gasteiger partial charge in [-0.1, -0.05) is 17.3 Å². The highest BCUT2D eigenvalue weighted by Gasteiger charge is 2.34. The molecule has 0 spiro atoms. The summed E-state index contributed by atoms with van der Waals surface area (Å²) in [5, 5.41) is 8.31. The van der Waals surface area contributed by atoms with Crippen LogP contribution >= 0.6 is 12.2 Å². The molecule has 5 rings (SSSR count). The van der Waals surface area contributed by atoms with E-state index in [0.717, 1.165) is 28.1 Å². The van der Waals surface area contributed by atoms with Crippen LogP contribution in [0.4, 0.5) is 0 Å². The molecule has 2 aromatic carbocycles. The van der Waals surface area contributed by atoms with Gasteiger partial charge in [-0.2, -0.15) is 4.98 Å². The third kappa shape index (κ3) is 4.54. The topological polar surface area (TPSA) is 91.1 Å². The van der Waals surface area contributed by atoms with E-state index in [4.69, 9.17) is 40.7 Å². The molecule has 0 radical (unpaired) electrons. The Morgan fingerprint density at radius 1 is 1.14 bits per heavy atom. The minimum Gasteiger partial charge on any atom is -0.494 e. The van der Waals surface area contributed by atoms with Gasteiger partial charge in [0.15, 0.2) is 16.6 Å². The number of methoxy groups -OCH3 is 1. The second-order valence-electron chi connectivity index (χ2n) is 8.02. The third-order valence-corrected chi connectivity index (χ3v) is 6.27. The molecule has 2 aliphatic rings. The van der Waals surface area contributed by atoms with Gasteiger partial charge in [0.2, 0.25) is 12.6 Å². The van der Waals surface area contributed by atoms with Crippen molar-refractivity contribution in [2.24, 2.45) is 0 Å². The van der Waals surface area contributed by atoms with Crippen molar-refractivity contribution in [3.63, 3.8) is 0 Å². The summed E-state index contributed by atoms with van der Waals surface area (Å²) >= 11 is 5.70. The second-order valence-corrected chi connectivity index (χ2v) is 8.41. The first-order valence-electron chi connectivity index (χ1n) is 11.3. The van der Waals surface area contributed by atoms with E-state index in [2.05, 4.69) is 10.5 Å². The molecule has 0 saturated carbocycles. The molecule has 35 heavy (non-hydrogen) atoms. The van der Waals surface area contributed by atoms with Crippen LogP contribution in [0.25, 0.3) is 17.0 Å². The highest BCUT2D eigenvalue weighted by molar-refractivity contribution is 7.80. The molecular weight excluding hydrogens is 468 g/mol. The largest absolute Gasteiger partial charge is 0.494 e. The van der Waals surface area contributed by atoms with Gasteiger partial charge in [-0.05, 0) is 62.0 Å². The van der Waals surface area contributed by atoms with Crippen molar-refractivity contribution in [1.29, 1.82) is 0 Å². The summed E-state index contributed by atoms with van der Waals surface area (Å²) in [6, 6.07) is 13.2. The highest BCUT2D eigenvalue weighted by Crippen LogP contribution is 2.39. The summed E-state index contributed by atoms with van der Waals surface area (Å²) in [4.78, 5) is 6.73. The second kappa shape index (κ2) is 9.93. The molecule has 3 aromatic rings. The van der Waals surface area contributed by atoms with Gasteiger partial charge in [0.25, 0.3) is 5.89 Å². The van der Waals surface area contributed by atoms with Crippen molar-refractivity contribution >= 4 is 22.9 Å². The van der Waals surface area contributed by atoms with E-state index < -0.39 is 0 Å². The van der Waals surface area contributed by atoms with Crippen molar-refractivity contribution in [1.82, 2.24) is 20.4 Å². The van der Waals surface area contributed by atoms with Crippen molar-refractivity contribution < 1.29 is 23.5 Å². The van der Waals surface area contributed by atoms with Gasteiger partial charge in [0, 0.05) is 24.9 Å². The monoisotopic (exact) mass is 494 g/mol. The fraction of sp³-hybridized carbons (Fsp3) is 0.320. The molecule has 1 atom stereocenters. The van der Waals surface area contributed by atoms with E-state index in [1.807, 2.05) is 61.2 Å². The Morgan fingerprint density at radius 3 is 2.71 bits per heavy atom. The summed E-state index contributed by atoms with van der Waals surface area (Å²) in [5.74, 6) is 3.03. The lowest BCUT2D eigenvalue weighted by Crippen LogP contribution is -2.47. The third-order valence-electron chi connectivity index (χ3n) is 5.93. The predicted molar refractivity (Wildman–Crippen MR) is 133 cm³/mol. The minimum absolute atomic E-state index is 0.203. The lowest BCUT2D eigenvalue weighted by atomic mass is 9.94. The Balaban J connectivity index is 1.54. The van der Waals surface area contributed by atoms with Crippen LogP contribution in [0, 0.1) is 0 Å². The first-order chi connectivity index (χ1) is 17.1. The van der Waals surface area contributed by atoms with Gasteiger partial charge >= 0.3 is 0 Å². The van der Waals surface area contributed by atoms with Crippen molar-refractivity contribution in [2.45, 2.75) is 19.9 Å². The lowest BCUT2D eigenvalue weighted by Gasteiger charge is -2.37. The molecule has 9 nitrogen and oxygen atoms in total. The molecule has 2 aliphatic heterocycles. The summed E-state index contributed by atoms with van der Waals surface area (Å²) in [7, 11) is 1.67. The molecule has 1 unspecified atom stereocenters. The van der Waals surface area contributed by atoms with Crippen LogP contribution in [0.5, 0.6) is 17.2 Å².